The van der Waals surface area contributed by atoms with Crippen LogP contribution in [0.3, 0.4) is 0 Å². The van der Waals surface area contributed by atoms with E-state index in [0.29, 0.717) is 31.1 Å². The lowest BCUT2D eigenvalue weighted by molar-refractivity contribution is -0.199. The number of halogens is 3. The molecule has 0 radical (unpaired) electrons. The van der Waals surface area contributed by atoms with E-state index in [0.717, 1.165) is 18.4 Å². The molecule has 1 heterocycles. The van der Waals surface area contributed by atoms with Crippen molar-refractivity contribution in [3.05, 3.63) is 35.9 Å². The van der Waals surface area contributed by atoms with Crippen LogP contribution in [0.1, 0.15) is 79.2 Å². The normalized spacial score (nSPS) is 27.6. The Kier molecular flexibility index (Phi) is 9.84. The largest absolute Gasteiger partial charge is 0.482 e. The number of carbonyl (C=O) groups is 2. The van der Waals surface area contributed by atoms with Crippen molar-refractivity contribution in [3.63, 3.8) is 0 Å². The number of carboxylic acid groups (broad SMARTS) is 1. The molecule has 0 aromatic heterocycles. The first kappa shape index (κ1) is 33.6. The maximum absolute atomic E-state index is 13.6. The molecule has 3 aliphatic carbocycles. The van der Waals surface area contributed by atoms with E-state index in [1.165, 1.54) is 4.90 Å². The van der Waals surface area contributed by atoms with Gasteiger partial charge in [0.1, 0.15) is 0 Å². The SMILES string of the molecule is CC1(C)[C@@H]2C[C@H]3OB([C@H](Cc4ccccc4)NC(=O)[C@H](CCCCN(C(=O)O)C(C)(C)C)NCC(F)(F)F)O[C@@]3(C)[C@H]1C2. The summed E-state index contributed by atoms with van der Waals surface area (Å²) in [5.41, 5.74) is -0.0376. The summed E-state index contributed by atoms with van der Waals surface area (Å²) in [6, 6.07) is 8.44. The van der Waals surface area contributed by atoms with Gasteiger partial charge in [0.2, 0.25) is 5.91 Å². The van der Waals surface area contributed by atoms with Crippen LogP contribution in [0.2, 0.25) is 0 Å². The lowest BCUT2D eigenvalue weighted by atomic mass is 9.43. The fourth-order valence-corrected chi connectivity index (χ4v) is 7.34. The molecule has 3 saturated carbocycles. The number of amides is 2. The fourth-order valence-electron chi connectivity index (χ4n) is 7.34. The molecule has 4 aliphatic rings. The standard InChI is InChI=1S/C31H47BF3N3O5/c1-28(2,3)38(27(40)41)15-11-10-14-22(36-19-31(33,34)35)26(39)37-25(16-20-12-8-7-9-13-20)32-42-24-18-21-17-23(29(21,4)5)30(24,6)43-32/h7-9,12-13,21-25,36H,10-11,14-19H2,1-6H3,(H,37,39)(H,40,41)/t21-,22-,23-,24+,25-,30-/m0/s1. The summed E-state index contributed by atoms with van der Waals surface area (Å²) in [7, 11) is -0.742. The van der Waals surface area contributed by atoms with Crippen LogP contribution in [0.15, 0.2) is 30.3 Å². The van der Waals surface area contributed by atoms with Crippen LogP contribution in [0.4, 0.5) is 18.0 Å². The third kappa shape index (κ3) is 7.68. The number of hydrogen-bond acceptors (Lipinski definition) is 5. The van der Waals surface area contributed by atoms with Crippen LogP contribution < -0.4 is 10.6 Å². The molecule has 1 aromatic rings. The zero-order valence-electron chi connectivity index (χ0n) is 26.2. The summed E-state index contributed by atoms with van der Waals surface area (Å²) in [5, 5.41) is 14.9. The fraction of sp³-hybridized carbons (Fsp3) is 0.742. The molecule has 1 aliphatic heterocycles. The predicted octanol–water partition coefficient (Wildman–Crippen LogP) is 5.45. The van der Waals surface area contributed by atoms with E-state index in [9.17, 15) is 27.9 Å². The van der Waals surface area contributed by atoms with E-state index < -0.39 is 55.0 Å². The van der Waals surface area contributed by atoms with Crippen LogP contribution >= 0.6 is 0 Å². The smallest absolute Gasteiger partial charge is 0.465 e. The summed E-state index contributed by atoms with van der Waals surface area (Å²) in [4.78, 5) is 26.6. The topological polar surface area (TPSA) is 100 Å². The minimum atomic E-state index is -4.50. The molecule has 6 atom stereocenters. The third-order valence-electron chi connectivity index (χ3n) is 9.95. The average Bonchev–Trinajstić information content (AvgIpc) is 3.26. The van der Waals surface area contributed by atoms with Gasteiger partial charge in [0.05, 0.1) is 30.2 Å². The molecule has 1 saturated heterocycles. The van der Waals surface area contributed by atoms with Gasteiger partial charge >= 0.3 is 19.4 Å². The van der Waals surface area contributed by atoms with Crippen LogP contribution in [-0.2, 0) is 20.5 Å². The van der Waals surface area contributed by atoms with Crippen molar-refractivity contribution in [2.24, 2.45) is 17.3 Å². The highest BCUT2D eigenvalue weighted by atomic mass is 19.4. The van der Waals surface area contributed by atoms with E-state index in [4.69, 9.17) is 9.31 Å². The van der Waals surface area contributed by atoms with E-state index in [-0.39, 0.29) is 24.5 Å². The molecular formula is C31H47BF3N3O5. The monoisotopic (exact) mass is 609 g/mol. The molecule has 0 spiro atoms. The number of nitrogens with zero attached hydrogens (tertiary/aromatic N) is 1. The highest BCUT2D eigenvalue weighted by Gasteiger charge is 2.68. The summed E-state index contributed by atoms with van der Waals surface area (Å²) in [6.07, 6.45) is -2.45. The second kappa shape index (κ2) is 12.6. The van der Waals surface area contributed by atoms with Crippen molar-refractivity contribution in [2.45, 2.75) is 115 Å². The molecule has 2 bridgehead atoms. The number of carbonyl (C=O) groups excluding carboxylic acids is 1. The van der Waals surface area contributed by atoms with Crippen molar-refractivity contribution in [2.75, 3.05) is 13.1 Å². The van der Waals surface area contributed by atoms with Gasteiger partial charge in [-0.2, -0.15) is 13.2 Å². The second-order valence-electron chi connectivity index (χ2n) is 14.3. The van der Waals surface area contributed by atoms with Crippen LogP contribution in [0.25, 0.3) is 0 Å². The Morgan fingerprint density at radius 2 is 1.79 bits per heavy atom. The molecule has 5 rings (SSSR count). The van der Waals surface area contributed by atoms with E-state index in [1.807, 2.05) is 30.3 Å². The number of benzene rings is 1. The summed E-state index contributed by atoms with van der Waals surface area (Å²) in [5.74, 6) is -0.308. The molecule has 8 nitrogen and oxygen atoms in total. The van der Waals surface area contributed by atoms with Gasteiger partial charge in [-0.3, -0.25) is 10.1 Å². The zero-order chi connectivity index (χ0) is 31.8. The number of nitrogens with one attached hydrogen (secondary N) is 2. The van der Waals surface area contributed by atoms with Crippen LogP contribution in [-0.4, -0.2) is 77.6 Å². The minimum Gasteiger partial charge on any atom is -0.465 e. The number of unbranched alkanes of at least 4 members (excludes halogenated alkanes) is 1. The summed E-state index contributed by atoms with van der Waals surface area (Å²) in [6.45, 7) is 10.9. The lowest BCUT2D eigenvalue weighted by Crippen LogP contribution is -2.65. The Labute approximate surface area is 253 Å². The quantitative estimate of drug-likeness (QED) is 0.215. The zero-order valence-corrected chi connectivity index (χ0v) is 26.2. The first-order valence-electron chi connectivity index (χ1n) is 15.4. The Morgan fingerprint density at radius 3 is 2.37 bits per heavy atom. The Hall–Kier alpha value is -2.31. The van der Waals surface area contributed by atoms with Crippen molar-refractivity contribution >= 4 is 19.1 Å². The molecule has 2 amide bonds. The maximum Gasteiger partial charge on any atom is 0.482 e. The molecule has 4 fully saturated rings. The highest BCUT2D eigenvalue weighted by Crippen LogP contribution is 2.65. The summed E-state index contributed by atoms with van der Waals surface area (Å²) >= 11 is 0. The van der Waals surface area contributed by atoms with Crippen molar-refractivity contribution in [1.82, 2.24) is 15.5 Å². The maximum atomic E-state index is 13.6. The summed E-state index contributed by atoms with van der Waals surface area (Å²) < 4.78 is 52.7. The Morgan fingerprint density at radius 1 is 1.12 bits per heavy atom. The third-order valence-corrected chi connectivity index (χ3v) is 9.95. The number of hydrogen-bond donors (Lipinski definition) is 3. The Balaban J connectivity index is 1.47. The van der Waals surface area contributed by atoms with E-state index in [2.05, 4.69) is 31.4 Å². The second-order valence-corrected chi connectivity index (χ2v) is 14.3. The van der Waals surface area contributed by atoms with Crippen LogP contribution in [0.5, 0.6) is 0 Å². The molecule has 3 N–H and O–H groups in total. The predicted molar refractivity (Wildman–Crippen MR) is 158 cm³/mol. The van der Waals surface area contributed by atoms with Crippen molar-refractivity contribution in [3.8, 4) is 0 Å². The van der Waals surface area contributed by atoms with Gasteiger partial charge in [-0.1, -0.05) is 44.2 Å². The Bertz CT molecular complexity index is 1130. The number of rotatable bonds is 12. The molecule has 12 heteroatoms. The molecule has 0 unspecified atom stereocenters. The first-order chi connectivity index (χ1) is 19.9. The molecule has 1 aromatic carbocycles. The van der Waals surface area contributed by atoms with Gasteiger partial charge in [0, 0.05) is 12.1 Å². The lowest BCUT2D eigenvalue weighted by Gasteiger charge is -2.64. The van der Waals surface area contributed by atoms with Gasteiger partial charge in [-0.25, -0.2) is 4.79 Å². The van der Waals surface area contributed by atoms with Crippen LogP contribution in [0, 0.1) is 17.3 Å². The van der Waals surface area contributed by atoms with E-state index >= 15 is 0 Å². The van der Waals surface area contributed by atoms with Gasteiger partial charge in [0.25, 0.3) is 0 Å². The van der Waals surface area contributed by atoms with Gasteiger partial charge in [0.15, 0.2) is 0 Å². The molecule has 240 valence electrons. The first-order valence-corrected chi connectivity index (χ1v) is 15.4. The van der Waals surface area contributed by atoms with Crippen molar-refractivity contribution < 1.29 is 37.2 Å². The van der Waals surface area contributed by atoms with Crippen molar-refractivity contribution in [1.29, 1.82) is 0 Å². The van der Waals surface area contributed by atoms with Gasteiger partial charge in [-0.05, 0) is 89.0 Å². The van der Waals surface area contributed by atoms with Gasteiger partial charge < -0.3 is 24.6 Å². The number of alkyl halides is 3. The highest BCUT2D eigenvalue weighted by molar-refractivity contribution is 6.48. The average molecular weight is 610 g/mol. The molecular weight excluding hydrogens is 562 g/mol. The van der Waals surface area contributed by atoms with Gasteiger partial charge in [-0.15, -0.1) is 0 Å². The minimum absolute atomic E-state index is 0.108. The molecule has 43 heavy (non-hydrogen) atoms. The van der Waals surface area contributed by atoms with E-state index in [1.54, 1.807) is 20.8 Å².